The molecular weight excluding hydrogens is 480 g/mol. The SMILES string of the molecule is COC(=O)c1c(CCC[C@H]2O[C@H](CO[Si](C)(C)C(C)(C)C)[C@H]3OC(C)(C)O[C@H]32)cc(OC)cc1OC. The number of benzene rings is 1. The summed E-state index contributed by atoms with van der Waals surface area (Å²) >= 11 is 0. The lowest BCUT2D eigenvalue weighted by Gasteiger charge is -2.37. The Balaban J connectivity index is 1.72. The normalized spacial score (nSPS) is 25.5. The molecule has 0 aromatic heterocycles. The van der Waals surface area contributed by atoms with Gasteiger partial charge in [-0.15, -0.1) is 0 Å². The molecule has 3 rings (SSSR count). The number of fused-ring (bicyclic) bond motifs is 1. The first-order valence-electron chi connectivity index (χ1n) is 12.7. The van der Waals surface area contributed by atoms with Crippen LogP contribution in [0.2, 0.25) is 18.1 Å². The zero-order valence-corrected chi connectivity index (χ0v) is 24.6. The topological polar surface area (TPSA) is 81.7 Å². The van der Waals surface area contributed by atoms with Gasteiger partial charge in [0, 0.05) is 6.07 Å². The van der Waals surface area contributed by atoms with Crippen LogP contribution in [0.3, 0.4) is 0 Å². The number of carbonyl (C=O) groups is 1. The van der Waals surface area contributed by atoms with Gasteiger partial charge < -0.3 is 32.8 Å². The number of methoxy groups -OCH3 is 3. The quantitative estimate of drug-likeness (QED) is 0.308. The summed E-state index contributed by atoms with van der Waals surface area (Å²) in [6.07, 6.45) is 1.51. The van der Waals surface area contributed by atoms with Gasteiger partial charge in [-0.2, -0.15) is 0 Å². The average molecular weight is 525 g/mol. The van der Waals surface area contributed by atoms with Crippen LogP contribution in [0, 0.1) is 0 Å². The van der Waals surface area contributed by atoms with Gasteiger partial charge in [0.25, 0.3) is 0 Å². The van der Waals surface area contributed by atoms with Gasteiger partial charge in [-0.05, 0) is 62.9 Å². The number of hydrogen-bond acceptors (Lipinski definition) is 8. The number of hydrogen-bond donors (Lipinski definition) is 0. The van der Waals surface area contributed by atoms with E-state index in [9.17, 15) is 4.79 Å². The molecule has 0 amide bonds. The molecule has 0 bridgehead atoms. The van der Waals surface area contributed by atoms with Crippen molar-refractivity contribution in [3.63, 3.8) is 0 Å². The average Bonchev–Trinajstić information content (AvgIpc) is 3.28. The lowest BCUT2D eigenvalue weighted by atomic mass is 9.97. The summed E-state index contributed by atoms with van der Waals surface area (Å²) in [5.74, 6) is -0.0294. The molecular formula is C27H44O8Si. The second-order valence-corrected chi connectivity index (χ2v) is 16.4. The molecule has 2 saturated heterocycles. The second kappa shape index (κ2) is 11.0. The zero-order chi connectivity index (χ0) is 26.9. The molecule has 1 aromatic rings. The Bertz CT molecular complexity index is 923. The van der Waals surface area contributed by atoms with Crippen LogP contribution in [-0.4, -0.2) is 72.4 Å². The molecule has 4 atom stereocenters. The first kappa shape index (κ1) is 28.9. The van der Waals surface area contributed by atoms with Crippen LogP contribution in [0.4, 0.5) is 0 Å². The van der Waals surface area contributed by atoms with Crippen molar-refractivity contribution >= 4 is 14.3 Å². The maximum Gasteiger partial charge on any atom is 0.341 e. The van der Waals surface area contributed by atoms with Crippen molar-refractivity contribution in [3.8, 4) is 11.5 Å². The fourth-order valence-electron chi connectivity index (χ4n) is 4.59. The maximum atomic E-state index is 12.5. The van der Waals surface area contributed by atoms with E-state index in [1.54, 1.807) is 13.2 Å². The van der Waals surface area contributed by atoms with Gasteiger partial charge in [0.15, 0.2) is 14.1 Å². The Labute approximate surface area is 217 Å². The Morgan fingerprint density at radius 2 is 1.67 bits per heavy atom. The van der Waals surface area contributed by atoms with Crippen molar-refractivity contribution in [1.29, 1.82) is 0 Å². The number of ether oxygens (including phenoxy) is 6. The number of carbonyl (C=O) groups excluding carboxylic acids is 1. The summed E-state index contributed by atoms with van der Waals surface area (Å²) in [6.45, 7) is 15.6. The monoisotopic (exact) mass is 524 g/mol. The molecule has 0 spiro atoms. The zero-order valence-electron chi connectivity index (χ0n) is 23.6. The Hall–Kier alpha value is -1.65. The standard InChI is InChI=1S/C27H44O8Si/c1-26(2,3)36(9,10)32-16-21-24-23(34-27(4,5)35-24)19(33-21)13-11-12-17-14-18(29-6)15-20(30-7)22(17)25(28)31-8/h14-15,19,21,23-24H,11-13,16H2,1-10H3/t19-,21-,23+,24-/m1/s1. The van der Waals surface area contributed by atoms with E-state index in [1.165, 1.54) is 14.2 Å². The maximum absolute atomic E-state index is 12.5. The first-order valence-corrected chi connectivity index (χ1v) is 15.6. The number of esters is 1. The third kappa shape index (κ3) is 6.24. The highest BCUT2D eigenvalue weighted by molar-refractivity contribution is 6.74. The Morgan fingerprint density at radius 1 is 1.03 bits per heavy atom. The van der Waals surface area contributed by atoms with Gasteiger partial charge in [-0.3, -0.25) is 0 Å². The summed E-state index contributed by atoms with van der Waals surface area (Å²) in [6, 6.07) is 3.56. The third-order valence-corrected chi connectivity index (χ3v) is 12.1. The van der Waals surface area contributed by atoms with Crippen molar-refractivity contribution in [2.75, 3.05) is 27.9 Å². The third-order valence-electron chi connectivity index (χ3n) is 7.60. The van der Waals surface area contributed by atoms with Gasteiger partial charge in [0.1, 0.15) is 35.4 Å². The van der Waals surface area contributed by atoms with Crippen molar-refractivity contribution in [1.82, 2.24) is 0 Å². The van der Waals surface area contributed by atoms with E-state index in [0.717, 1.165) is 18.4 Å². The molecule has 1 aromatic carbocycles. The van der Waals surface area contributed by atoms with Crippen LogP contribution >= 0.6 is 0 Å². The molecule has 204 valence electrons. The molecule has 9 heteroatoms. The number of aryl methyl sites for hydroxylation is 1. The van der Waals surface area contributed by atoms with E-state index in [2.05, 4.69) is 33.9 Å². The lowest BCUT2D eigenvalue weighted by Crippen LogP contribution is -2.44. The molecule has 36 heavy (non-hydrogen) atoms. The highest BCUT2D eigenvalue weighted by Crippen LogP contribution is 2.42. The Kier molecular flexibility index (Phi) is 8.83. The van der Waals surface area contributed by atoms with Crippen LogP contribution in [0.1, 0.15) is 63.4 Å². The van der Waals surface area contributed by atoms with Gasteiger partial charge >= 0.3 is 5.97 Å². The molecule has 2 fully saturated rings. The van der Waals surface area contributed by atoms with Crippen LogP contribution in [0.25, 0.3) is 0 Å². The summed E-state index contributed by atoms with van der Waals surface area (Å²) in [5.41, 5.74) is 1.24. The molecule has 8 nitrogen and oxygen atoms in total. The molecule has 2 aliphatic heterocycles. The van der Waals surface area contributed by atoms with Gasteiger partial charge in [0.2, 0.25) is 0 Å². The van der Waals surface area contributed by atoms with E-state index in [1.807, 2.05) is 19.9 Å². The fourth-order valence-corrected chi connectivity index (χ4v) is 5.61. The van der Waals surface area contributed by atoms with Gasteiger partial charge in [-0.25, -0.2) is 4.79 Å². The highest BCUT2D eigenvalue weighted by atomic mass is 28.4. The molecule has 0 aliphatic carbocycles. The van der Waals surface area contributed by atoms with E-state index < -0.39 is 20.1 Å². The highest BCUT2D eigenvalue weighted by Gasteiger charge is 2.55. The number of rotatable bonds is 10. The molecule has 0 radical (unpaired) electrons. The van der Waals surface area contributed by atoms with E-state index in [0.29, 0.717) is 30.1 Å². The van der Waals surface area contributed by atoms with Gasteiger partial charge in [0.05, 0.1) is 34.0 Å². The predicted molar refractivity (Wildman–Crippen MR) is 139 cm³/mol. The largest absolute Gasteiger partial charge is 0.497 e. The first-order chi connectivity index (χ1) is 16.7. The summed E-state index contributed by atoms with van der Waals surface area (Å²) in [7, 11) is 2.56. The van der Waals surface area contributed by atoms with E-state index in [-0.39, 0.29) is 29.5 Å². The van der Waals surface area contributed by atoms with Crippen LogP contribution in [-0.2, 0) is 29.8 Å². The summed E-state index contributed by atoms with van der Waals surface area (Å²) < 4.78 is 41.3. The van der Waals surface area contributed by atoms with Crippen molar-refractivity contribution in [2.45, 2.75) is 102 Å². The van der Waals surface area contributed by atoms with Crippen molar-refractivity contribution in [2.24, 2.45) is 0 Å². The molecule has 0 N–H and O–H groups in total. The van der Waals surface area contributed by atoms with Crippen molar-refractivity contribution in [3.05, 3.63) is 23.3 Å². The minimum absolute atomic E-state index is 0.117. The van der Waals surface area contributed by atoms with E-state index in [4.69, 9.17) is 32.8 Å². The van der Waals surface area contributed by atoms with Crippen LogP contribution in [0.15, 0.2) is 12.1 Å². The minimum Gasteiger partial charge on any atom is -0.497 e. The van der Waals surface area contributed by atoms with Gasteiger partial charge in [-0.1, -0.05) is 20.8 Å². The summed E-state index contributed by atoms with van der Waals surface area (Å²) in [4.78, 5) is 12.5. The lowest BCUT2D eigenvalue weighted by molar-refractivity contribution is -0.190. The minimum atomic E-state index is -1.93. The summed E-state index contributed by atoms with van der Waals surface area (Å²) in [5, 5.41) is 0.117. The fraction of sp³-hybridized carbons (Fsp3) is 0.741. The molecule has 0 saturated carbocycles. The van der Waals surface area contributed by atoms with Crippen LogP contribution < -0.4 is 9.47 Å². The predicted octanol–water partition coefficient (Wildman–Crippen LogP) is 5.12. The smallest absolute Gasteiger partial charge is 0.341 e. The van der Waals surface area contributed by atoms with Crippen molar-refractivity contribution < 1.29 is 37.6 Å². The molecule has 2 heterocycles. The van der Waals surface area contributed by atoms with E-state index >= 15 is 0 Å². The molecule has 2 aliphatic rings. The molecule has 0 unspecified atom stereocenters. The van der Waals surface area contributed by atoms with Crippen LogP contribution in [0.5, 0.6) is 11.5 Å². The second-order valence-electron chi connectivity index (χ2n) is 11.6. The Morgan fingerprint density at radius 3 is 2.22 bits per heavy atom.